The van der Waals surface area contributed by atoms with Crippen molar-refractivity contribution < 1.29 is 13.2 Å². The van der Waals surface area contributed by atoms with E-state index in [-0.39, 0.29) is 17.3 Å². The molecular weight excluding hydrogens is 438 g/mol. The molecule has 1 N–H and O–H groups in total. The maximum atomic E-state index is 13.2. The van der Waals surface area contributed by atoms with E-state index in [1.54, 1.807) is 30.6 Å². The summed E-state index contributed by atoms with van der Waals surface area (Å²) in [6.45, 7) is 7.33. The molecular formula is C24H29N5O3S. The first kappa shape index (κ1) is 23.1. The van der Waals surface area contributed by atoms with Gasteiger partial charge in [0.1, 0.15) is 11.6 Å². The highest BCUT2D eigenvalue weighted by atomic mass is 32.2. The minimum absolute atomic E-state index is 0.151. The quantitative estimate of drug-likeness (QED) is 0.601. The van der Waals surface area contributed by atoms with Crippen LogP contribution in [-0.2, 0) is 16.6 Å². The molecule has 0 radical (unpaired) electrons. The molecule has 1 aliphatic heterocycles. The summed E-state index contributed by atoms with van der Waals surface area (Å²) in [6, 6.07) is 10.0. The van der Waals surface area contributed by atoms with E-state index in [2.05, 4.69) is 29.1 Å². The fourth-order valence-electron chi connectivity index (χ4n) is 4.32. The number of imidazole rings is 1. The van der Waals surface area contributed by atoms with E-state index < -0.39 is 10.0 Å². The van der Waals surface area contributed by atoms with Crippen molar-refractivity contribution in [2.24, 2.45) is 11.8 Å². The largest absolute Gasteiger partial charge is 0.348 e. The van der Waals surface area contributed by atoms with Gasteiger partial charge >= 0.3 is 0 Å². The standard InChI is InChI=1S/C24H29N5O3S/c1-17-11-18(2)16-28(15-17)33(31,32)22-6-4-5-21(12-22)24(30)27-14-20-7-8-23(26-13-20)29-10-9-25-19(29)3/h4-10,12-13,17-18H,11,14-16H2,1-3H3,(H,27,30). The lowest BCUT2D eigenvalue weighted by Crippen LogP contribution is -2.42. The summed E-state index contributed by atoms with van der Waals surface area (Å²) in [7, 11) is -3.64. The minimum atomic E-state index is -3.64. The lowest BCUT2D eigenvalue weighted by atomic mass is 9.94. The third-order valence-corrected chi connectivity index (χ3v) is 7.73. The highest BCUT2D eigenvalue weighted by Crippen LogP contribution is 2.27. The summed E-state index contributed by atoms with van der Waals surface area (Å²) >= 11 is 0. The van der Waals surface area contributed by atoms with Gasteiger partial charge in [-0.25, -0.2) is 18.4 Å². The Morgan fingerprint density at radius 3 is 2.52 bits per heavy atom. The molecule has 0 spiro atoms. The molecule has 1 amide bonds. The Labute approximate surface area is 194 Å². The Morgan fingerprint density at radius 1 is 1.12 bits per heavy atom. The van der Waals surface area contributed by atoms with Crippen molar-refractivity contribution in [3.63, 3.8) is 0 Å². The van der Waals surface area contributed by atoms with Gasteiger partial charge in [-0.1, -0.05) is 26.0 Å². The van der Waals surface area contributed by atoms with Crippen molar-refractivity contribution in [2.45, 2.75) is 38.6 Å². The number of rotatable bonds is 6. The van der Waals surface area contributed by atoms with Crippen molar-refractivity contribution in [1.29, 1.82) is 0 Å². The fraction of sp³-hybridized carbons (Fsp3) is 0.375. The number of amides is 1. The number of nitrogens with zero attached hydrogens (tertiary/aromatic N) is 4. The molecule has 2 atom stereocenters. The van der Waals surface area contributed by atoms with E-state index >= 15 is 0 Å². The van der Waals surface area contributed by atoms with E-state index in [9.17, 15) is 13.2 Å². The zero-order valence-corrected chi connectivity index (χ0v) is 19.9. The van der Waals surface area contributed by atoms with Crippen LogP contribution in [0.25, 0.3) is 5.82 Å². The number of nitrogens with one attached hydrogen (secondary N) is 1. The topological polar surface area (TPSA) is 97.2 Å². The van der Waals surface area contributed by atoms with E-state index in [4.69, 9.17) is 0 Å². The van der Waals surface area contributed by atoms with Crippen molar-refractivity contribution in [1.82, 2.24) is 24.2 Å². The highest BCUT2D eigenvalue weighted by molar-refractivity contribution is 7.89. The smallest absolute Gasteiger partial charge is 0.251 e. The van der Waals surface area contributed by atoms with Gasteiger partial charge in [0.15, 0.2) is 0 Å². The Morgan fingerprint density at radius 2 is 1.88 bits per heavy atom. The van der Waals surface area contributed by atoms with Gasteiger partial charge in [0.2, 0.25) is 10.0 Å². The number of piperidine rings is 1. The molecule has 2 aromatic heterocycles. The number of carbonyl (C=O) groups is 1. The van der Waals surface area contributed by atoms with Crippen LogP contribution >= 0.6 is 0 Å². The van der Waals surface area contributed by atoms with Crippen LogP contribution < -0.4 is 5.32 Å². The average molecular weight is 468 g/mol. The Bertz CT molecular complexity index is 1230. The molecule has 3 aromatic rings. The van der Waals surface area contributed by atoms with Crippen molar-refractivity contribution in [2.75, 3.05) is 13.1 Å². The Balaban J connectivity index is 1.43. The van der Waals surface area contributed by atoms with Gasteiger partial charge in [-0.15, -0.1) is 0 Å². The summed E-state index contributed by atoms with van der Waals surface area (Å²) in [4.78, 5) is 21.5. The van der Waals surface area contributed by atoms with Gasteiger partial charge in [-0.3, -0.25) is 9.36 Å². The van der Waals surface area contributed by atoms with Gasteiger partial charge < -0.3 is 5.32 Å². The number of carbonyl (C=O) groups excluding carboxylic acids is 1. The maximum absolute atomic E-state index is 13.2. The molecule has 1 aliphatic rings. The summed E-state index contributed by atoms with van der Waals surface area (Å²) in [5.41, 5.74) is 1.15. The molecule has 174 valence electrons. The van der Waals surface area contributed by atoms with E-state index in [0.29, 0.717) is 30.5 Å². The molecule has 2 unspecified atom stereocenters. The van der Waals surface area contributed by atoms with Crippen molar-refractivity contribution in [3.8, 4) is 5.82 Å². The minimum Gasteiger partial charge on any atom is -0.348 e. The van der Waals surface area contributed by atoms with Crippen LogP contribution in [0.5, 0.6) is 0 Å². The first-order valence-electron chi connectivity index (χ1n) is 11.1. The average Bonchev–Trinajstić information content (AvgIpc) is 3.23. The summed E-state index contributed by atoms with van der Waals surface area (Å²) in [5, 5.41) is 2.85. The molecule has 1 saturated heterocycles. The van der Waals surface area contributed by atoms with Crippen LogP contribution in [-0.4, -0.2) is 46.3 Å². The normalized spacial score (nSPS) is 19.4. The van der Waals surface area contributed by atoms with Gasteiger partial charge in [0.25, 0.3) is 5.91 Å². The first-order chi connectivity index (χ1) is 15.7. The van der Waals surface area contributed by atoms with Crippen LogP contribution in [0.3, 0.4) is 0 Å². The third-order valence-electron chi connectivity index (χ3n) is 5.90. The SMILES string of the molecule is Cc1nccn1-c1ccc(CNC(=O)c2cccc(S(=O)(=O)N3CC(C)CC(C)C3)c2)cn1. The van der Waals surface area contributed by atoms with Gasteiger partial charge in [-0.2, -0.15) is 4.31 Å². The van der Waals surface area contributed by atoms with E-state index in [0.717, 1.165) is 23.6 Å². The number of benzene rings is 1. The highest BCUT2D eigenvalue weighted by Gasteiger charge is 2.31. The second-order valence-electron chi connectivity index (χ2n) is 8.85. The number of hydrogen-bond donors (Lipinski definition) is 1. The molecule has 0 bridgehead atoms. The van der Waals surface area contributed by atoms with Crippen molar-refractivity contribution >= 4 is 15.9 Å². The van der Waals surface area contributed by atoms with E-state index in [1.165, 1.54) is 10.4 Å². The van der Waals surface area contributed by atoms with Crippen LogP contribution in [0, 0.1) is 18.8 Å². The molecule has 8 nitrogen and oxygen atoms in total. The van der Waals surface area contributed by atoms with Gasteiger partial charge in [0.05, 0.1) is 4.90 Å². The summed E-state index contributed by atoms with van der Waals surface area (Å²) < 4.78 is 29.7. The number of hydrogen-bond acceptors (Lipinski definition) is 5. The lowest BCUT2D eigenvalue weighted by Gasteiger charge is -2.34. The third kappa shape index (κ3) is 5.15. The lowest BCUT2D eigenvalue weighted by molar-refractivity contribution is 0.0950. The van der Waals surface area contributed by atoms with Crippen molar-refractivity contribution in [3.05, 3.63) is 71.9 Å². The first-order valence-corrected chi connectivity index (χ1v) is 12.5. The molecule has 9 heteroatoms. The van der Waals surface area contributed by atoms with Crippen LogP contribution in [0.1, 0.15) is 42.0 Å². The fourth-order valence-corrected chi connectivity index (χ4v) is 6.04. The zero-order chi connectivity index (χ0) is 23.6. The maximum Gasteiger partial charge on any atom is 0.251 e. The monoisotopic (exact) mass is 467 g/mol. The van der Waals surface area contributed by atoms with E-state index in [1.807, 2.05) is 29.8 Å². The number of sulfonamides is 1. The molecule has 1 fully saturated rings. The van der Waals surface area contributed by atoms with Crippen LogP contribution in [0.4, 0.5) is 0 Å². The number of aryl methyl sites for hydroxylation is 1. The number of aromatic nitrogens is 3. The Kier molecular flexibility index (Phi) is 6.62. The van der Waals surface area contributed by atoms with Crippen LogP contribution in [0.15, 0.2) is 59.9 Å². The second kappa shape index (κ2) is 9.44. The zero-order valence-electron chi connectivity index (χ0n) is 19.1. The molecule has 4 rings (SSSR count). The van der Waals surface area contributed by atoms with Gasteiger partial charge in [-0.05, 0) is 55.0 Å². The summed E-state index contributed by atoms with van der Waals surface area (Å²) in [5.74, 6) is 1.88. The second-order valence-corrected chi connectivity index (χ2v) is 10.8. The molecule has 33 heavy (non-hydrogen) atoms. The number of pyridine rings is 1. The predicted octanol–water partition coefficient (Wildman–Crippen LogP) is 3.17. The molecule has 3 heterocycles. The molecule has 0 aliphatic carbocycles. The Hall–Kier alpha value is -3.04. The van der Waals surface area contributed by atoms with Gasteiger partial charge in [0, 0.05) is 43.8 Å². The molecule has 0 saturated carbocycles. The van der Waals surface area contributed by atoms with Crippen LogP contribution in [0.2, 0.25) is 0 Å². The predicted molar refractivity (Wildman–Crippen MR) is 125 cm³/mol. The molecule has 1 aromatic carbocycles. The summed E-state index contributed by atoms with van der Waals surface area (Å²) in [6.07, 6.45) is 6.28.